The molecule has 0 spiro atoms. The number of aromatic nitrogens is 1. The van der Waals surface area contributed by atoms with Gasteiger partial charge in [-0.1, -0.05) is 30.3 Å². The number of hydrogen-bond donors (Lipinski definition) is 2. The number of carbonyl (C=O) groups is 2. The number of thiazole rings is 1. The highest BCUT2D eigenvalue weighted by molar-refractivity contribution is 7.87. The van der Waals surface area contributed by atoms with E-state index in [0.29, 0.717) is 51.3 Å². The third-order valence-electron chi connectivity index (χ3n) is 6.74. The maximum absolute atomic E-state index is 14.1. The van der Waals surface area contributed by atoms with Crippen molar-refractivity contribution < 1.29 is 18.0 Å². The van der Waals surface area contributed by atoms with Crippen LogP contribution in [0.1, 0.15) is 24.1 Å². The molecule has 1 aromatic heterocycles. The number of amides is 2. The Hall–Kier alpha value is -2.38. The number of primary amides is 1. The molecule has 1 aromatic carbocycles. The fourth-order valence-corrected chi connectivity index (χ4v) is 6.91. The number of likely N-dealkylation sites (tertiary alicyclic amines) is 1. The van der Waals surface area contributed by atoms with Gasteiger partial charge in [-0.2, -0.15) is 17.4 Å². The zero-order valence-electron chi connectivity index (χ0n) is 19.8. The Morgan fingerprint density at radius 1 is 1.20 bits per heavy atom. The van der Waals surface area contributed by atoms with Gasteiger partial charge in [-0.05, 0) is 25.5 Å². The molecular formula is C23H32N6O4S2. The van der Waals surface area contributed by atoms with Crippen molar-refractivity contribution in [2.45, 2.75) is 37.3 Å². The van der Waals surface area contributed by atoms with E-state index >= 15 is 0 Å². The number of piperazine rings is 1. The number of benzene rings is 1. The largest absolute Gasteiger partial charge is 0.368 e. The van der Waals surface area contributed by atoms with Gasteiger partial charge in [0.25, 0.3) is 10.2 Å². The number of carbonyl (C=O) groups excluding carboxylic acids is 2. The van der Waals surface area contributed by atoms with Crippen molar-refractivity contribution in [1.29, 1.82) is 0 Å². The Bertz CT molecular complexity index is 1120. The topological polar surface area (TPSA) is 129 Å². The molecule has 2 fully saturated rings. The number of nitrogens with zero attached hydrogens (tertiary/aromatic N) is 4. The highest BCUT2D eigenvalue weighted by Crippen LogP contribution is 2.30. The normalized spacial score (nSPS) is 23.3. The molecule has 2 amide bonds. The molecule has 2 aromatic rings. The van der Waals surface area contributed by atoms with Gasteiger partial charge in [0.15, 0.2) is 0 Å². The third kappa shape index (κ3) is 5.89. The summed E-state index contributed by atoms with van der Waals surface area (Å²) >= 11 is 1.40. The van der Waals surface area contributed by atoms with Crippen LogP contribution >= 0.6 is 11.3 Å². The summed E-state index contributed by atoms with van der Waals surface area (Å²) in [6.07, 6.45) is 1.23. The first kappa shape index (κ1) is 25.7. The molecule has 2 atom stereocenters. The third-order valence-corrected chi connectivity index (χ3v) is 9.07. The highest BCUT2D eigenvalue weighted by atomic mass is 32.2. The average Bonchev–Trinajstić information content (AvgIpc) is 3.33. The van der Waals surface area contributed by atoms with Crippen LogP contribution in [-0.2, 0) is 32.6 Å². The molecule has 2 aliphatic heterocycles. The van der Waals surface area contributed by atoms with Crippen LogP contribution in [0, 0.1) is 0 Å². The van der Waals surface area contributed by atoms with Crippen LogP contribution in [0.15, 0.2) is 41.2 Å². The summed E-state index contributed by atoms with van der Waals surface area (Å²) in [5.41, 5.74) is 7.48. The summed E-state index contributed by atoms with van der Waals surface area (Å²) in [7, 11) is -2.01. The molecule has 10 nitrogen and oxygen atoms in total. The van der Waals surface area contributed by atoms with Gasteiger partial charge in [-0.3, -0.25) is 9.59 Å². The van der Waals surface area contributed by atoms with Crippen LogP contribution in [-0.4, -0.2) is 90.7 Å². The number of rotatable bonds is 9. The van der Waals surface area contributed by atoms with Crippen LogP contribution in [0.4, 0.5) is 0 Å². The zero-order valence-corrected chi connectivity index (χ0v) is 21.4. The summed E-state index contributed by atoms with van der Waals surface area (Å²) in [6, 6.07) is 8.43. The fourth-order valence-electron chi connectivity index (χ4n) is 4.81. The predicted octanol–water partition coefficient (Wildman–Crippen LogP) is 0.225. The van der Waals surface area contributed by atoms with E-state index in [9.17, 15) is 18.0 Å². The maximum Gasteiger partial charge on any atom is 0.280 e. The van der Waals surface area contributed by atoms with Gasteiger partial charge >= 0.3 is 0 Å². The first-order valence-corrected chi connectivity index (χ1v) is 14.1. The summed E-state index contributed by atoms with van der Waals surface area (Å²) < 4.78 is 31.2. The van der Waals surface area contributed by atoms with Crippen molar-refractivity contribution in [2.75, 3.05) is 39.8 Å². The Morgan fingerprint density at radius 2 is 1.91 bits per heavy atom. The zero-order chi connectivity index (χ0) is 25.1. The number of nitrogens with two attached hydrogens (primary N) is 1. The summed E-state index contributed by atoms with van der Waals surface area (Å²) in [4.78, 5) is 34.3. The summed E-state index contributed by atoms with van der Waals surface area (Å²) in [5.74, 6) is -1.06. The second kappa shape index (κ2) is 10.7. The van der Waals surface area contributed by atoms with Crippen molar-refractivity contribution >= 4 is 33.4 Å². The van der Waals surface area contributed by atoms with E-state index in [0.717, 1.165) is 5.56 Å². The molecule has 0 saturated carbocycles. The highest BCUT2D eigenvalue weighted by Gasteiger charge is 2.50. The van der Waals surface area contributed by atoms with E-state index in [1.165, 1.54) is 20.5 Å². The van der Waals surface area contributed by atoms with Crippen molar-refractivity contribution in [2.24, 2.45) is 5.73 Å². The second-order valence-corrected chi connectivity index (χ2v) is 11.6. The number of nitrogens with one attached hydrogen (secondary N) is 1. The monoisotopic (exact) mass is 520 g/mol. The molecule has 35 heavy (non-hydrogen) atoms. The molecule has 3 heterocycles. The standard InChI is InChI=1S/C23H32N6O4S2/c1-27-10-12-28(13-11-27)35(32,33)26-23(15-18-6-3-2-4-7-18)8-5-9-29(22(23)31)20(21(24)30)14-19-16-34-17-25-19/h2-4,6-7,16-17,20,26H,5,8-15H2,1H3,(H2,24,30)/t20-,23-/m0/s1. The van der Waals surface area contributed by atoms with E-state index in [4.69, 9.17) is 5.73 Å². The Balaban J connectivity index is 1.66. The minimum Gasteiger partial charge on any atom is -0.368 e. The Kier molecular flexibility index (Phi) is 7.86. The molecule has 0 aliphatic carbocycles. The molecule has 2 aliphatic rings. The lowest BCUT2D eigenvalue weighted by molar-refractivity contribution is -0.147. The molecule has 0 bridgehead atoms. The number of likely N-dealkylation sites (N-methyl/N-ethyl adjacent to an activating group) is 1. The molecule has 190 valence electrons. The summed E-state index contributed by atoms with van der Waals surface area (Å²) in [5, 5.41) is 1.82. The van der Waals surface area contributed by atoms with Gasteiger partial charge in [0.2, 0.25) is 11.8 Å². The van der Waals surface area contributed by atoms with E-state index < -0.39 is 33.6 Å². The van der Waals surface area contributed by atoms with E-state index in [2.05, 4.69) is 14.6 Å². The lowest BCUT2D eigenvalue weighted by Gasteiger charge is -2.45. The van der Waals surface area contributed by atoms with Gasteiger partial charge in [0.05, 0.1) is 11.2 Å². The molecule has 4 rings (SSSR count). The lowest BCUT2D eigenvalue weighted by atomic mass is 9.82. The SMILES string of the molecule is CN1CCN(S(=O)(=O)N[C@]2(Cc3ccccc3)CCCN([C@@H](Cc3cscn3)C(N)=O)C2=O)CC1. The van der Waals surface area contributed by atoms with E-state index in [-0.39, 0.29) is 12.8 Å². The quantitative estimate of drug-likeness (QED) is 0.487. The smallest absolute Gasteiger partial charge is 0.280 e. The first-order valence-electron chi connectivity index (χ1n) is 11.7. The minimum absolute atomic E-state index is 0.179. The first-order chi connectivity index (χ1) is 16.7. The maximum atomic E-state index is 14.1. The summed E-state index contributed by atoms with van der Waals surface area (Å²) in [6.45, 7) is 2.25. The Morgan fingerprint density at radius 3 is 2.54 bits per heavy atom. The van der Waals surface area contributed by atoms with Crippen LogP contribution in [0.5, 0.6) is 0 Å². The fraction of sp³-hybridized carbons (Fsp3) is 0.522. The average molecular weight is 521 g/mol. The van der Waals surface area contributed by atoms with Gasteiger partial charge in [-0.15, -0.1) is 11.3 Å². The van der Waals surface area contributed by atoms with Gasteiger partial charge in [0.1, 0.15) is 11.6 Å². The van der Waals surface area contributed by atoms with Crippen LogP contribution in [0.2, 0.25) is 0 Å². The lowest BCUT2D eigenvalue weighted by Crippen LogP contribution is -2.68. The van der Waals surface area contributed by atoms with Crippen LogP contribution in [0.3, 0.4) is 0 Å². The molecular weight excluding hydrogens is 488 g/mol. The molecule has 2 saturated heterocycles. The van der Waals surface area contributed by atoms with E-state index in [1.54, 1.807) is 5.51 Å². The minimum atomic E-state index is -3.95. The van der Waals surface area contributed by atoms with Gasteiger partial charge in [-0.25, -0.2) is 4.98 Å². The van der Waals surface area contributed by atoms with E-state index in [1.807, 2.05) is 42.8 Å². The number of piperidine rings is 1. The van der Waals surface area contributed by atoms with Crippen molar-refractivity contribution in [3.05, 3.63) is 52.5 Å². The van der Waals surface area contributed by atoms with Gasteiger partial charge < -0.3 is 15.5 Å². The molecule has 0 radical (unpaired) electrons. The van der Waals surface area contributed by atoms with Gasteiger partial charge in [0, 0.05) is 50.9 Å². The van der Waals surface area contributed by atoms with Crippen molar-refractivity contribution in [1.82, 2.24) is 23.8 Å². The Labute approximate surface area is 210 Å². The van der Waals surface area contributed by atoms with Crippen LogP contribution in [0.25, 0.3) is 0 Å². The molecule has 3 N–H and O–H groups in total. The van der Waals surface area contributed by atoms with Crippen molar-refractivity contribution in [3.8, 4) is 0 Å². The molecule has 12 heteroatoms. The predicted molar refractivity (Wildman–Crippen MR) is 134 cm³/mol. The second-order valence-electron chi connectivity index (χ2n) is 9.26. The van der Waals surface area contributed by atoms with Crippen LogP contribution < -0.4 is 10.5 Å². The molecule has 0 unspecified atom stereocenters. The van der Waals surface area contributed by atoms with Crippen molar-refractivity contribution in [3.63, 3.8) is 0 Å². The number of hydrogen-bond acceptors (Lipinski definition) is 7.